The fourth-order valence-corrected chi connectivity index (χ4v) is 2.08. The fraction of sp³-hybridized carbons (Fsp3) is 0.200. The summed E-state index contributed by atoms with van der Waals surface area (Å²) in [6, 6.07) is 18.5. The molecule has 0 saturated heterocycles. The maximum absolute atomic E-state index is 6.04. The van der Waals surface area contributed by atoms with Gasteiger partial charge in [0.25, 0.3) is 0 Å². The second-order valence-electron chi connectivity index (χ2n) is 4.58. The zero-order chi connectivity index (χ0) is 11.6. The van der Waals surface area contributed by atoms with Crippen molar-refractivity contribution >= 4 is 18.1 Å². The van der Waals surface area contributed by atoms with Gasteiger partial charge in [-0.3, -0.25) is 0 Å². The lowest BCUT2D eigenvalue weighted by Crippen LogP contribution is -2.20. The van der Waals surface area contributed by atoms with Crippen molar-refractivity contribution in [3.8, 4) is 0 Å². The van der Waals surface area contributed by atoms with Gasteiger partial charge in [-0.2, -0.15) is 0 Å². The molecule has 0 aliphatic rings. The smallest absolute Gasteiger partial charge is 0.0355 e. The molecule has 2 N–H and O–H groups in total. The molecule has 2 heteroatoms. The van der Waals surface area contributed by atoms with Crippen LogP contribution in [0.1, 0.15) is 25.0 Å². The van der Waals surface area contributed by atoms with Crippen LogP contribution < -0.4 is 5.73 Å². The molecular weight excluding hydrogens is 230 g/mol. The average Bonchev–Trinajstić information content (AvgIpc) is 2.30. The van der Waals surface area contributed by atoms with Gasteiger partial charge in [-0.15, -0.1) is 12.4 Å². The fourth-order valence-electron chi connectivity index (χ4n) is 2.08. The molecule has 2 aromatic carbocycles. The first-order chi connectivity index (χ1) is 7.62. The van der Waals surface area contributed by atoms with Crippen LogP contribution in [0.4, 0.5) is 5.69 Å². The number of hydrogen-bond acceptors (Lipinski definition) is 1. The molecule has 0 unspecified atom stereocenters. The van der Waals surface area contributed by atoms with Gasteiger partial charge in [-0.05, 0) is 17.2 Å². The number of rotatable bonds is 2. The highest BCUT2D eigenvalue weighted by molar-refractivity contribution is 5.85. The zero-order valence-corrected chi connectivity index (χ0v) is 11.0. The van der Waals surface area contributed by atoms with Crippen LogP contribution in [-0.2, 0) is 5.41 Å². The van der Waals surface area contributed by atoms with Gasteiger partial charge in [0, 0.05) is 11.1 Å². The van der Waals surface area contributed by atoms with Gasteiger partial charge >= 0.3 is 0 Å². The Labute approximate surface area is 109 Å². The highest BCUT2D eigenvalue weighted by Gasteiger charge is 2.24. The Hall–Kier alpha value is -1.47. The molecule has 2 aromatic rings. The summed E-state index contributed by atoms with van der Waals surface area (Å²) >= 11 is 0. The first-order valence-electron chi connectivity index (χ1n) is 5.53. The van der Waals surface area contributed by atoms with Crippen LogP contribution in [0.15, 0.2) is 54.6 Å². The summed E-state index contributed by atoms with van der Waals surface area (Å²) in [6.45, 7) is 4.40. The Kier molecular flexibility index (Phi) is 4.19. The molecule has 0 heterocycles. The molecule has 0 bridgehead atoms. The normalized spacial score (nSPS) is 10.7. The quantitative estimate of drug-likeness (QED) is 0.797. The summed E-state index contributed by atoms with van der Waals surface area (Å²) in [5, 5.41) is 0. The minimum atomic E-state index is -0.0490. The number of anilines is 1. The number of nitrogens with two attached hydrogens (primary N) is 1. The van der Waals surface area contributed by atoms with Gasteiger partial charge in [0.15, 0.2) is 0 Å². The standard InChI is InChI=1S/C15H17N.ClH/c1-15(2,12-8-4-3-5-9-12)13-10-6-7-11-14(13)16;/h3-11H,16H2,1-2H3;1H. The highest BCUT2D eigenvalue weighted by Crippen LogP contribution is 2.34. The van der Waals surface area contributed by atoms with Crippen LogP contribution in [0.3, 0.4) is 0 Å². The Morgan fingerprint density at radius 2 is 1.35 bits per heavy atom. The van der Waals surface area contributed by atoms with Crippen molar-refractivity contribution in [3.05, 3.63) is 65.7 Å². The predicted octanol–water partition coefficient (Wildman–Crippen LogP) is 4.02. The number of benzene rings is 2. The van der Waals surface area contributed by atoms with Crippen molar-refractivity contribution in [2.75, 3.05) is 5.73 Å². The van der Waals surface area contributed by atoms with Crippen molar-refractivity contribution in [2.24, 2.45) is 0 Å². The molecular formula is C15H18ClN. The van der Waals surface area contributed by atoms with Crippen molar-refractivity contribution < 1.29 is 0 Å². The van der Waals surface area contributed by atoms with E-state index in [2.05, 4.69) is 44.2 Å². The lowest BCUT2D eigenvalue weighted by molar-refractivity contribution is 0.643. The van der Waals surface area contributed by atoms with Gasteiger partial charge in [0.1, 0.15) is 0 Å². The van der Waals surface area contributed by atoms with Crippen LogP contribution in [0.2, 0.25) is 0 Å². The van der Waals surface area contributed by atoms with Crippen LogP contribution in [0.25, 0.3) is 0 Å². The molecule has 0 saturated carbocycles. The Morgan fingerprint density at radius 3 is 1.94 bits per heavy atom. The maximum atomic E-state index is 6.04. The van der Waals surface area contributed by atoms with Crippen molar-refractivity contribution in [1.82, 2.24) is 0 Å². The summed E-state index contributed by atoms with van der Waals surface area (Å²) in [7, 11) is 0. The molecule has 0 aliphatic heterocycles. The first kappa shape index (κ1) is 13.6. The van der Waals surface area contributed by atoms with Gasteiger partial charge in [-0.25, -0.2) is 0 Å². The second-order valence-corrected chi connectivity index (χ2v) is 4.58. The number of halogens is 1. The number of nitrogen functional groups attached to an aromatic ring is 1. The highest BCUT2D eigenvalue weighted by atomic mass is 35.5. The molecule has 0 spiro atoms. The van der Waals surface area contributed by atoms with E-state index in [0.717, 1.165) is 5.69 Å². The third kappa shape index (κ3) is 2.62. The minimum Gasteiger partial charge on any atom is -0.398 e. The topological polar surface area (TPSA) is 26.0 Å². The molecule has 2 rings (SSSR count). The van der Waals surface area contributed by atoms with E-state index in [1.54, 1.807) is 0 Å². The molecule has 0 radical (unpaired) electrons. The summed E-state index contributed by atoms with van der Waals surface area (Å²) in [6.07, 6.45) is 0. The van der Waals surface area contributed by atoms with Crippen molar-refractivity contribution in [2.45, 2.75) is 19.3 Å². The van der Waals surface area contributed by atoms with Crippen LogP contribution in [0, 0.1) is 0 Å². The van der Waals surface area contributed by atoms with E-state index in [-0.39, 0.29) is 17.8 Å². The predicted molar refractivity (Wildman–Crippen MR) is 76.7 cm³/mol. The van der Waals surface area contributed by atoms with Crippen LogP contribution in [-0.4, -0.2) is 0 Å². The third-order valence-corrected chi connectivity index (χ3v) is 3.13. The molecule has 90 valence electrons. The van der Waals surface area contributed by atoms with Gasteiger partial charge < -0.3 is 5.73 Å². The first-order valence-corrected chi connectivity index (χ1v) is 5.53. The third-order valence-electron chi connectivity index (χ3n) is 3.13. The van der Waals surface area contributed by atoms with E-state index in [0.29, 0.717) is 0 Å². The Morgan fingerprint density at radius 1 is 0.824 bits per heavy atom. The maximum Gasteiger partial charge on any atom is 0.0355 e. The lowest BCUT2D eigenvalue weighted by atomic mass is 9.77. The molecule has 0 atom stereocenters. The summed E-state index contributed by atoms with van der Waals surface area (Å²) in [5.74, 6) is 0. The van der Waals surface area contributed by atoms with Crippen molar-refractivity contribution in [3.63, 3.8) is 0 Å². The van der Waals surface area contributed by atoms with Crippen LogP contribution in [0.5, 0.6) is 0 Å². The average molecular weight is 248 g/mol. The van der Waals surface area contributed by atoms with E-state index in [1.165, 1.54) is 11.1 Å². The van der Waals surface area contributed by atoms with Crippen molar-refractivity contribution in [1.29, 1.82) is 0 Å². The monoisotopic (exact) mass is 247 g/mol. The largest absolute Gasteiger partial charge is 0.398 e. The van der Waals surface area contributed by atoms with Gasteiger partial charge in [0.05, 0.1) is 0 Å². The second kappa shape index (κ2) is 5.24. The molecule has 1 nitrogen and oxygen atoms in total. The van der Waals surface area contributed by atoms with E-state index in [1.807, 2.05) is 24.3 Å². The molecule has 17 heavy (non-hydrogen) atoms. The Bertz CT molecular complexity index is 477. The van der Waals surface area contributed by atoms with E-state index in [4.69, 9.17) is 5.73 Å². The molecule has 0 aromatic heterocycles. The number of para-hydroxylation sites is 1. The van der Waals surface area contributed by atoms with Gasteiger partial charge in [0.2, 0.25) is 0 Å². The molecule has 0 aliphatic carbocycles. The summed E-state index contributed by atoms with van der Waals surface area (Å²) < 4.78 is 0. The SMILES string of the molecule is CC(C)(c1ccccc1)c1ccccc1N.Cl. The molecule has 0 amide bonds. The Balaban J connectivity index is 0.00000144. The van der Waals surface area contributed by atoms with Gasteiger partial charge in [-0.1, -0.05) is 62.4 Å². The molecule has 0 fully saturated rings. The summed E-state index contributed by atoms with van der Waals surface area (Å²) in [5.41, 5.74) is 9.32. The van der Waals surface area contributed by atoms with E-state index >= 15 is 0 Å². The minimum absolute atomic E-state index is 0. The lowest BCUT2D eigenvalue weighted by Gasteiger charge is -2.27. The van der Waals surface area contributed by atoms with E-state index < -0.39 is 0 Å². The summed E-state index contributed by atoms with van der Waals surface area (Å²) in [4.78, 5) is 0. The zero-order valence-electron chi connectivity index (χ0n) is 10.2. The van der Waals surface area contributed by atoms with E-state index in [9.17, 15) is 0 Å². The number of hydrogen-bond donors (Lipinski definition) is 1. The van der Waals surface area contributed by atoms with Crippen LogP contribution >= 0.6 is 12.4 Å².